The third-order valence-electron chi connectivity index (χ3n) is 7.07. The van der Waals surface area contributed by atoms with Crippen molar-refractivity contribution in [1.29, 1.82) is 0 Å². The molecule has 4 N–H and O–H groups in total. The van der Waals surface area contributed by atoms with Crippen LogP contribution in [0.3, 0.4) is 0 Å². The lowest BCUT2D eigenvalue weighted by Gasteiger charge is -2.27. The van der Waals surface area contributed by atoms with Crippen molar-refractivity contribution in [3.8, 4) is 5.75 Å². The molecule has 10 heteroatoms. The topological polar surface area (TPSA) is 126 Å². The second kappa shape index (κ2) is 13.8. The van der Waals surface area contributed by atoms with Crippen molar-refractivity contribution in [2.75, 3.05) is 19.7 Å². The monoisotopic (exact) mass is 574 g/mol. The predicted octanol–water partition coefficient (Wildman–Crippen LogP) is 2.64. The van der Waals surface area contributed by atoms with Crippen LogP contribution in [-0.4, -0.2) is 55.4 Å². The number of fused-ring (bicyclic) bond motifs is 1. The number of hydrogen-bond donors (Lipinski definition) is 4. The highest BCUT2D eigenvalue weighted by Gasteiger charge is 2.30. The highest BCUT2D eigenvalue weighted by Crippen LogP contribution is 2.23. The molecular weight excluding hydrogens is 539 g/mol. The summed E-state index contributed by atoms with van der Waals surface area (Å²) in [6.07, 6.45) is -0.173. The number of amides is 4. The predicted molar refractivity (Wildman–Crippen MR) is 155 cm³/mol. The normalized spacial score (nSPS) is 18.3. The fourth-order valence-corrected chi connectivity index (χ4v) is 4.62. The van der Waals surface area contributed by atoms with Gasteiger partial charge in [-0.3, -0.25) is 19.2 Å². The second-order valence-corrected chi connectivity index (χ2v) is 10.8. The van der Waals surface area contributed by atoms with E-state index in [0.717, 1.165) is 11.1 Å². The van der Waals surface area contributed by atoms with Gasteiger partial charge >= 0.3 is 0 Å². The van der Waals surface area contributed by atoms with Crippen molar-refractivity contribution in [3.63, 3.8) is 0 Å². The molecule has 4 rings (SSSR count). The fourth-order valence-electron chi connectivity index (χ4n) is 4.62. The van der Waals surface area contributed by atoms with Gasteiger partial charge in [0.05, 0.1) is 18.5 Å². The smallest absolute Gasteiger partial charge is 0.255 e. The number of carbonyl (C=O) groups is 4. The summed E-state index contributed by atoms with van der Waals surface area (Å²) in [7, 11) is 0. The van der Waals surface area contributed by atoms with E-state index in [4.69, 9.17) is 4.74 Å². The zero-order chi connectivity index (χ0) is 30.1. The molecule has 0 radical (unpaired) electrons. The first-order valence-corrected chi connectivity index (χ1v) is 13.8. The number of benzene rings is 3. The maximum atomic E-state index is 13.4. The van der Waals surface area contributed by atoms with Crippen LogP contribution in [0, 0.1) is 5.82 Å². The highest BCUT2D eigenvalue weighted by atomic mass is 19.1. The molecular formula is C32H35FN4O5. The van der Waals surface area contributed by atoms with E-state index in [1.165, 1.54) is 12.1 Å². The molecule has 4 amide bonds. The summed E-state index contributed by atoms with van der Waals surface area (Å²) in [5, 5.41) is 11.0. The quantitative estimate of drug-likeness (QED) is 0.360. The van der Waals surface area contributed by atoms with Gasteiger partial charge in [-0.25, -0.2) is 4.39 Å². The summed E-state index contributed by atoms with van der Waals surface area (Å²) in [4.78, 5) is 53.0. The van der Waals surface area contributed by atoms with Crippen LogP contribution in [0.1, 0.15) is 41.8 Å². The molecule has 1 aliphatic heterocycles. The molecule has 42 heavy (non-hydrogen) atoms. The number of para-hydroxylation sites is 1. The molecule has 9 nitrogen and oxygen atoms in total. The SMILES string of the molecule is CC(C)(CNC(=O)[C@@H]1CC(=O)N[C@@H](Cc2ccccc2)C(=O)NCCOc2ccccc2C(=O)N1)c1ccc(F)cc1. The van der Waals surface area contributed by atoms with Gasteiger partial charge in [-0.05, 0) is 35.4 Å². The summed E-state index contributed by atoms with van der Waals surface area (Å²) < 4.78 is 19.2. The molecule has 0 saturated heterocycles. The lowest BCUT2D eigenvalue weighted by molar-refractivity contribution is -0.131. The first-order chi connectivity index (χ1) is 20.1. The van der Waals surface area contributed by atoms with Crippen LogP contribution < -0.4 is 26.0 Å². The summed E-state index contributed by atoms with van der Waals surface area (Å²) in [6, 6.07) is 19.6. The minimum absolute atomic E-state index is 0.0877. The van der Waals surface area contributed by atoms with Gasteiger partial charge in [0.2, 0.25) is 17.7 Å². The van der Waals surface area contributed by atoms with Crippen LogP contribution in [0.4, 0.5) is 4.39 Å². The molecule has 0 unspecified atom stereocenters. The Labute approximate surface area is 244 Å². The van der Waals surface area contributed by atoms with E-state index in [0.29, 0.717) is 0 Å². The second-order valence-electron chi connectivity index (χ2n) is 10.8. The van der Waals surface area contributed by atoms with Crippen molar-refractivity contribution in [1.82, 2.24) is 21.3 Å². The van der Waals surface area contributed by atoms with Crippen molar-refractivity contribution in [3.05, 3.63) is 101 Å². The molecule has 0 bridgehead atoms. The Balaban J connectivity index is 1.56. The standard InChI is InChI=1S/C32H35FN4O5/c1-32(2,22-12-14-23(33)15-13-22)20-35-31(41)26-19-28(38)36-25(18-21-8-4-3-5-9-21)30(40)34-16-17-42-27-11-7-6-10-24(27)29(39)37-26/h3-15,25-26H,16-20H2,1-2H3,(H,34,40)(H,35,41)(H,36,38)(H,37,39)/t25-,26-/m0/s1. The maximum absolute atomic E-state index is 13.4. The molecule has 0 aromatic heterocycles. The summed E-state index contributed by atoms with van der Waals surface area (Å²) in [6.45, 7) is 4.18. The average Bonchev–Trinajstić information content (AvgIpc) is 2.98. The number of hydrogen-bond acceptors (Lipinski definition) is 5. The first kappa shape index (κ1) is 30.2. The Morgan fingerprint density at radius 3 is 2.38 bits per heavy atom. The van der Waals surface area contributed by atoms with E-state index in [2.05, 4.69) is 21.3 Å². The minimum Gasteiger partial charge on any atom is -0.491 e. The number of halogens is 1. The Morgan fingerprint density at radius 2 is 1.64 bits per heavy atom. The molecule has 3 aromatic rings. The van der Waals surface area contributed by atoms with Gasteiger partial charge in [-0.15, -0.1) is 0 Å². The molecule has 1 aliphatic rings. The van der Waals surface area contributed by atoms with Gasteiger partial charge in [0.15, 0.2) is 0 Å². The van der Waals surface area contributed by atoms with Crippen LogP contribution in [-0.2, 0) is 26.2 Å². The van der Waals surface area contributed by atoms with Crippen molar-refractivity contribution in [2.24, 2.45) is 0 Å². The fraction of sp³-hybridized carbons (Fsp3) is 0.312. The Hall–Kier alpha value is -4.73. The summed E-state index contributed by atoms with van der Waals surface area (Å²) in [5.74, 6) is -2.22. The lowest BCUT2D eigenvalue weighted by atomic mass is 9.84. The van der Waals surface area contributed by atoms with Gasteiger partial charge in [0.1, 0.15) is 30.3 Å². The third-order valence-corrected chi connectivity index (χ3v) is 7.07. The van der Waals surface area contributed by atoms with Gasteiger partial charge in [-0.2, -0.15) is 0 Å². The number of carbonyl (C=O) groups excluding carboxylic acids is 4. The molecule has 1 heterocycles. The van der Waals surface area contributed by atoms with Gasteiger partial charge in [0, 0.05) is 18.4 Å². The van der Waals surface area contributed by atoms with Crippen LogP contribution in [0.2, 0.25) is 0 Å². The largest absolute Gasteiger partial charge is 0.491 e. The van der Waals surface area contributed by atoms with Crippen LogP contribution in [0.25, 0.3) is 0 Å². The van der Waals surface area contributed by atoms with E-state index in [-0.39, 0.29) is 43.2 Å². The Bertz CT molecular complexity index is 1410. The number of nitrogens with one attached hydrogen (secondary N) is 4. The summed E-state index contributed by atoms with van der Waals surface area (Å²) in [5.41, 5.74) is 1.26. The van der Waals surface area contributed by atoms with Crippen molar-refractivity contribution < 1.29 is 28.3 Å². The van der Waals surface area contributed by atoms with Gasteiger partial charge in [0.25, 0.3) is 5.91 Å². The van der Waals surface area contributed by atoms with E-state index in [1.807, 2.05) is 44.2 Å². The lowest BCUT2D eigenvalue weighted by Crippen LogP contribution is -2.54. The van der Waals surface area contributed by atoms with E-state index in [1.54, 1.807) is 36.4 Å². The van der Waals surface area contributed by atoms with Crippen LogP contribution in [0.15, 0.2) is 78.9 Å². The molecule has 0 saturated carbocycles. The van der Waals surface area contributed by atoms with Crippen molar-refractivity contribution >= 4 is 23.6 Å². The molecule has 2 atom stereocenters. The van der Waals surface area contributed by atoms with E-state index < -0.39 is 47.5 Å². The zero-order valence-electron chi connectivity index (χ0n) is 23.6. The minimum atomic E-state index is -1.25. The van der Waals surface area contributed by atoms with E-state index >= 15 is 0 Å². The molecule has 0 spiro atoms. The molecule has 3 aromatic carbocycles. The Kier molecular flexibility index (Phi) is 9.90. The molecule has 0 fully saturated rings. The van der Waals surface area contributed by atoms with Gasteiger partial charge in [-0.1, -0.05) is 68.4 Å². The average molecular weight is 575 g/mol. The zero-order valence-corrected chi connectivity index (χ0v) is 23.6. The number of rotatable bonds is 6. The third kappa shape index (κ3) is 8.15. The summed E-state index contributed by atoms with van der Waals surface area (Å²) >= 11 is 0. The van der Waals surface area contributed by atoms with Crippen molar-refractivity contribution in [2.45, 2.75) is 44.2 Å². The molecule has 220 valence electrons. The van der Waals surface area contributed by atoms with Gasteiger partial charge < -0.3 is 26.0 Å². The number of ether oxygens (including phenoxy) is 1. The van der Waals surface area contributed by atoms with E-state index in [9.17, 15) is 23.6 Å². The first-order valence-electron chi connectivity index (χ1n) is 13.8. The Morgan fingerprint density at radius 1 is 0.952 bits per heavy atom. The molecule has 0 aliphatic carbocycles. The van der Waals surface area contributed by atoms with Crippen LogP contribution in [0.5, 0.6) is 5.75 Å². The maximum Gasteiger partial charge on any atom is 0.255 e. The van der Waals surface area contributed by atoms with Crippen LogP contribution >= 0.6 is 0 Å². The highest BCUT2D eigenvalue weighted by molar-refractivity contribution is 6.01.